The predicted octanol–water partition coefficient (Wildman–Crippen LogP) is -0.949. The van der Waals surface area contributed by atoms with Crippen LogP contribution in [-0.2, 0) is 0 Å². The van der Waals surface area contributed by atoms with Crippen LogP contribution in [0.2, 0.25) is 0 Å². The molecule has 1 N–H and O–H groups in total. The minimum atomic E-state index is 0.0772. The number of pyridine rings is 1. The zero-order chi connectivity index (χ0) is 5.82. The highest BCUT2D eigenvalue weighted by Crippen LogP contribution is 1.72. The van der Waals surface area contributed by atoms with Crippen LogP contribution in [-0.4, -0.2) is 17.5 Å². The summed E-state index contributed by atoms with van der Waals surface area (Å²) in [6.45, 7) is 0. The van der Waals surface area contributed by atoms with Crippen molar-refractivity contribution in [3.63, 3.8) is 0 Å². The molecular formula is C5H6BNO. The van der Waals surface area contributed by atoms with Crippen molar-refractivity contribution in [2.45, 2.75) is 0 Å². The first-order valence-corrected chi connectivity index (χ1v) is 2.43. The summed E-state index contributed by atoms with van der Waals surface area (Å²) in [4.78, 5) is 3.80. The van der Waals surface area contributed by atoms with Crippen LogP contribution in [0, 0.1) is 0 Å². The Morgan fingerprint density at radius 3 is 2.88 bits per heavy atom. The van der Waals surface area contributed by atoms with Crippen LogP contribution < -0.4 is 5.46 Å². The molecular weight excluding hydrogens is 101 g/mol. The summed E-state index contributed by atoms with van der Waals surface area (Å²) in [7, 11) is 0.0772. The lowest BCUT2D eigenvalue weighted by Gasteiger charge is -1.86. The Hall–Kier alpha value is -0.825. The Morgan fingerprint density at radius 1 is 1.62 bits per heavy atom. The van der Waals surface area contributed by atoms with E-state index in [1.165, 1.54) is 0 Å². The van der Waals surface area contributed by atoms with E-state index < -0.39 is 0 Å². The fourth-order valence-corrected chi connectivity index (χ4v) is 0.492. The number of hydrogen-bond donors (Lipinski definition) is 1. The van der Waals surface area contributed by atoms with E-state index in [4.69, 9.17) is 5.02 Å². The second kappa shape index (κ2) is 2.47. The largest absolute Gasteiger partial charge is 0.449 e. The maximum atomic E-state index is 8.50. The highest BCUT2D eigenvalue weighted by Gasteiger charge is 1.86. The molecule has 0 radical (unpaired) electrons. The monoisotopic (exact) mass is 107 g/mol. The van der Waals surface area contributed by atoms with Gasteiger partial charge in [-0.15, -0.1) is 0 Å². The normalized spacial score (nSPS) is 8.62. The quantitative estimate of drug-likeness (QED) is 0.469. The molecule has 0 fully saturated rings. The average Bonchev–Trinajstić information content (AvgIpc) is 1.90. The minimum Gasteiger partial charge on any atom is -0.449 e. The number of aromatic nitrogens is 1. The lowest BCUT2D eigenvalue weighted by atomic mass is 9.91. The fraction of sp³-hybridized carbons (Fsp3) is 0. The number of rotatable bonds is 1. The van der Waals surface area contributed by atoms with Crippen LogP contribution >= 0.6 is 0 Å². The summed E-state index contributed by atoms with van der Waals surface area (Å²) in [5, 5.41) is 8.50. The molecule has 1 aromatic rings. The Balaban J connectivity index is 2.83. The molecule has 0 aromatic carbocycles. The molecule has 0 amide bonds. The van der Waals surface area contributed by atoms with Crippen molar-refractivity contribution in [2.24, 2.45) is 0 Å². The van der Waals surface area contributed by atoms with E-state index in [1.807, 2.05) is 6.07 Å². The van der Waals surface area contributed by atoms with Crippen molar-refractivity contribution in [2.75, 3.05) is 0 Å². The fourth-order valence-electron chi connectivity index (χ4n) is 0.492. The van der Waals surface area contributed by atoms with E-state index >= 15 is 0 Å². The second-order valence-electron chi connectivity index (χ2n) is 1.52. The molecule has 1 heterocycles. The van der Waals surface area contributed by atoms with Crippen LogP contribution in [0.5, 0.6) is 0 Å². The topological polar surface area (TPSA) is 33.1 Å². The van der Waals surface area contributed by atoms with Crippen LogP contribution in [0.15, 0.2) is 24.5 Å². The Morgan fingerprint density at radius 2 is 2.50 bits per heavy atom. The zero-order valence-corrected chi connectivity index (χ0v) is 4.41. The molecule has 2 nitrogen and oxygen atoms in total. The maximum absolute atomic E-state index is 8.50. The van der Waals surface area contributed by atoms with Crippen LogP contribution in [0.4, 0.5) is 0 Å². The smallest absolute Gasteiger partial charge is 0.306 e. The van der Waals surface area contributed by atoms with Gasteiger partial charge in [0.2, 0.25) is 0 Å². The molecule has 0 spiro atoms. The van der Waals surface area contributed by atoms with E-state index in [0.29, 0.717) is 0 Å². The summed E-state index contributed by atoms with van der Waals surface area (Å²) in [6, 6.07) is 3.62. The maximum Gasteiger partial charge on any atom is 0.306 e. The molecule has 0 unspecified atom stereocenters. The average molecular weight is 107 g/mol. The van der Waals surface area contributed by atoms with Crippen LogP contribution in [0.1, 0.15) is 0 Å². The van der Waals surface area contributed by atoms with Crippen molar-refractivity contribution >= 4 is 12.9 Å². The van der Waals surface area contributed by atoms with Crippen molar-refractivity contribution in [3.05, 3.63) is 24.5 Å². The first-order chi connectivity index (χ1) is 3.93. The van der Waals surface area contributed by atoms with Crippen LogP contribution in [0.25, 0.3) is 0 Å². The summed E-state index contributed by atoms with van der Waals surface area (Å²) in [6.07, 6.45) is 3.32. The summed E-state index contributed by atoms with van der Waals surface area (Å²) in [5.74, 6) is 0. The molecule has 40 valence electrons. The second-order valence-corrected chi connectivity index (χ2v) is 1.52. The van der Waals surface area contributed by atoms with Gasteiger partial charge in [0.15, 0.2) is 0 Å². The molecule has 0 aliphatic carbocycles. The summed E-state index contributed by atoms with van der Waals surface area (Å²) >= 11 is 0. The summed E-state index contributed by atoms with van der Waals surface area (Å²) in [5.41, 5.74) is 0.854. The van der Waals surface area contributed by atoms with E-state index in [2.05, 4.69) is 4.98 Å². The van der Waals surface area contributed by atoms with Crippen LogP contribution in [0.3, 0.4) is 0 Å². The Labute approximate surface area is 48.5 Å². The zero-order valence-electron chi connectivity index (χ0n) is 4.41. The van der Waals surface area contributed by atoms with Gasteiger partial charge in [0, 0.05) is 12.4 Å². The molecule has 0 bridgehead atoms. The van der Waals surface area contributed by atoms with E-state index in [-0.39, 0.29) is 7.48 Å². The molecule has 0 aliphatic heterocycles. The van der Waals surface area contributed by atoms with Gasteiger partial charge in [-0.25, -0.2) is 0 Å². The molecule has 8 heavy (non-hydrogen) atoms. The van der Waals surface area contributed by atoms with Crippen molar-refractivity contribution in [1.29, 1.82) is 0 Å². The third-order valence-corrected chi connectivity index (χ3v) is 0.905. The van der Waals surface area contributed by atoms with Gasteiger partial charge in [0.1, 0.15) is 0 Å². The Kier molecular flexibility index (Phi) is 1.64. The van der Waals surface area contributed by atoms with Crippen molar-refractivity contribution in [3.8, 4) is 0 Å². The Bertz CT molecular complexity index is 154. The van der Waals surface area contributed by atoms with Gasteiger partial charge in [-0.05, 0) is 11.5 Å². The molecule has 0 aliphatic rings. The van der Waals surface area contributed by atoms with E-state index in [1.54, 1.807) is 18.5 Å². The number of hydrogen-bond acceptors (Lipinski definition) is 2. The SMILES string of the molecule is OBc1cccnc1. The van der Waals surface area contributed by atoms with Gasteiger partial charge in [-0.3, -0.25) is 4.98 Å². The molecule has 0 saturated heterocycles. The highest BCUT2D eigenvalue weighted by atomic mass is 16.2. The minimum absolute atomic E-state index is 0.0772. The van der Waals surface area contributed by atoms with Gasteiger partial charge >= 0.3 is 7.48 Å². The van der Waals surface area contributed by atoms with E-state index in [9.17, 15) is 0 Å². The van der Waals surface area contributed by atoms with Gasteiger partial charge in [-0.2, -0.15) is 0 Å². The van der Waals surface area contributed by atoms with E-state index in [0.717, 1.165) is 5.46 Å². The molecule has 1 rings (SSSR count). The molecule has 0 saturated carbocycles. The first kappa shape index (κ1) is 5.31. The van der Waals surface area contributed by atoms with Gasteiger partial charge in [0.25, 0.3) is 0 Å². The van der Waals surface area contributed by atoms with Gasteiger partial charge in [0.05, 0.1) is 0 Å². The molecule has 3 heteroatoms. The van der Waals surface area contributed by atoms with Gasteiger partial charge in [-0.1, -0.05) is 6.07 Å². The standard InChI is InChI=1S/C5H6BNO/c8-6-5-2-1-3-7-4-5/h1-4,6,8H. The third-order valence-electron chi connectivity index (χ3n) is 0.905. The lowest BCUT2D eigenvalue weighted by molar-refractivity contribution is 0.615. The van der Waals surface area contributed by atoms with Crippen molar-refractivity contribution in [1.82, 2.24) is 4.98 Å². The molecule has 1 aromatic heterocycles. The molecule has 0 atom stereocenters. The highest BCUT2D eigenvalue weighted by molar-refractivity contribution is 6.45. The van der Waals surface area contributed by atoms with Crippen molar-refractivity contribution < 1.29 is 5.02 Å². The summed E-state index contributed by atoms with van der Waals surface area (Å²) < 4.78 is 0. The predicted molar refractivity (Wildman–Crippen MR) is 33.2 cm³/mol. The lowest BCUT2D eigenvalue weighted by Crippen LogP contribution is -2.12. The first-order valence-electron chi connectivity index (χ1n) is 2.43. The third kappa shape index (κ3) is 1.07. The van der Waals surface area contributed by atoms with Gasteiger partial charge < -0.3 is 5.02 Å². The number of nitrogens with zero attached hydrogens (tertiary/aromatic N) is 1.